The number of rotatable bonds is 4. The largest absolute Gasteiger partial charge is 0.261 e. The Morgan fingerprint density at radius 3 is 2.33 bits per heavy atom. The van der Waals surface area contributed by atoms with Gasteiger partial charge in [-0.05, 0) is 87.1 Å². The molecule has 1 atom stereocenters. The topological polar surface area (TPSA) is 12.4 Å². The van der Waals surface area contributed by atoms with Crippen LogP contribution in [0.4, 0.5) is 14.5 Å². The molecule has 0 N–H and O–H groups in total. The molecule has 1 nitrogen and oxygen atoms in total. The Labute approximate surface area is 143 Å². The van der Waals surface area contributed by atoms with Crippen molar-refractivity contribution in [1.29, 1.82) is 0 Å². The second-order valence-electron chi connectivity index (χ2n) is 7.09. The molecular weight excluding hydrogens is 304 g/mol. The van der Waals surface area contributed by atoms with Gasteiger partial charge < -0.3 is 0 Å². The molecule has 1 unspecified atom stereocenters. The van der Waals surface area contributed by atoms with Gasteiger partial charge in [0, 0.05) is 5.56 Å². The molecule has 0 aromatic heterocycles. The molecule has 3 heteroatoms. The van der Waals surface area contributed by atoms with Crippen LogP contribution in [0.3, 0.4) is 0 Å². The van der Waals surface area contributed by atoms with Crippen molar-refractivity contribution in [3.05, 3.63) is 48.1 Å². The van der Waals surface area contributed by atoms with E-state index in [0.717, 1.165) is 30.8 Å². The lowest BCUT2D eigenvalue weighted by atomic mass is 9.71. The predicted molar refractivity (Wildman–Crippen MR) is 96.5 cm³/mol. The molecule has 0 amide bonds. The van der Waals surface area contributed by atoms with Gasteiger partial charge in [-0.25, -0.2) is 8.78 Å². The van der Waals surface area contributed by atoms with Crippen LogP contribution in [0.15, 0.2) is 35.9 Å². The first-order valence-electron chi connectivity index (χ1n) is 8.90. The minimum atomic E-state index is -0.895. The summed E-state index contributed by atoms with van der Waals surface area (Å²) in [6, 6.07) is 3.13. The van der Waals surface area contributed by atoms with Gasteiger partial charge >= 0.3 is 0 Å². The van der Waals surface area contributed by atoms with Gasteiger partial charge in [0.15, 0.2) is 11.6 Å². The fourth-order valence-corrected chi connectivity index (χ4v) is 4.29. The summed E-state index contributed by atoms with van der Waals surface area (Å²) in [5.41, 5.74) is 1.29. The molecule has 0 heterocycles. The van der Waals surface area contributed by atoms with E-state index in [1.807, 2.05) is 0 Å². The highest BCUT2D eigenvalue weighted by Gasteiger charge is 2.28. The summed E-state index contributed by atoms with van der Waals surface area (Å²) in [7, 11) is 0. The van der Waals surface area contributed by atoms with E-state index in [2.05, 4.69) is 30.4 Å². The van der Waals surface area contributed by atoms with Gasteiger partial charge in [-0.2, -0.15) is 0 Å². The molecule has 0 bridgehead atoms. The zero-order valence-corrected chi connectivity index (χ0v) is 14.1. The van der Waals surface area contributed by atoms with Crippen LogP contribution in [0.5, 0.6) is 0 Å². The predicted octanol–water partition coefficient (Wildman–Crippen LogP) is 6.47. The number of halogens is 2. The Morgan fingerprint density at radius 1 is 1.00 bits per heavy atom. The molecule has 0 aliphatic heterocycles. The lowest BCUT2D eigenvalue weighted by molar-refractivity contribution is 0.212. The molecule has 2 aliphatic rings. The standard InChI is InChI=1S/C21H25F2N/c1-3-14-4-6-15(7-5-14)16-8-10-17(11-9-16)18-12-13-19(24-2)21(23)20(18)22/h3,10,12-16H,1-2,4-9,11H2. The summed E-state index contributed by atoms with van der Waals surface area (Å²) in [6.45, 7) is 7.18. The third kappa shape index (κ3) is 3.35. The van der Waals surface area contributed by atoms with Crippen molar-refractivity contribution in [3.63, 3.8) is 0 Å². The Balaban J connectivity index is 1.69. The molecule has 128 valence electrons. The first-order valence-corrected chi connectivity index (χ1v) is 8.90. The monoisotopic (exact) mass is 329 g/mol. The number of aliphatic imine (C=N–C) groups is 1. The molecule has 0 saturated heterocycles. The Hall–Kier alpha value is -1.77. The number of hydrogen-bond acceptors (Lipinski definition) is 1. The highest BCUT2D eigenvalue weighted by Crippen LogP contribution is 2.42. The summed E-state index contributed by atoms with van der Waals surface area (Å²) in [4.78, 5) is 3.51. The summed E-state index contributed by atoms with van der Waals surface area (Å²) in [6.07, 6.45) is 12.1. The summed E-state index contributed by atoms with van der Waals surface area (Å²) in [5.74, 6) is 0.448. The van der Waals surface area contributed by atoms with Gasteiger partial charge in [0.2, 0.25) is 0 Å². The SMILES string of the molecule is C=CC1CCC(C2CC=C(c3ccc(N=C)c(F)c3F)CC2)CC1. The van der Waals surface area contributed by atoms with Crippen LogP contribution in [0.2, 0.25) is 0 Å². The molecule has 3 rings (SSSR count). The van der Waals surface area contributed by atoms with Crippen molar-refractivity contribution < 1.29 is 8.78 Å². The van der Waals surface area contributed by atoms with E-state index in [0.29, 0.717) is 17.4 Å². The van der Waals surface area contributed by atoms with Crippen LogP contribution < -0.4 is 0 Å². The second-order valence-corrected chi connectivity index (χ2v) is 7.09. The van der Waals surface area contributed by atoms with Crippen LogP contribution in [0, 0.1) is 29.4 Å². The fourth-order valence-electron chi connectivity index (χ4n) is 4.29. The average Bonchev–Trinajstić information content (AvgIpc) is 2.64. The van der Waals surface area contributed by atoms with Gasteiger partial charge in [-0.3, -0.25) is 4.99 Å². The molecule has 1 aromatic carbocycles. The average molecular weight is 329 g/mol. The third-order valence-electron chi connectivity index (χ3n) is 5.85. The van der Waals surface area contributed by atoms with Crippen molar-refractivity contribution in [2.45, 2.75) is 44.9 Å². The first kappa shape index (κ1) is 17.1. The second kappa shape index (κ2) is 7.42. The van der Waals surface area contributed by atoms with Gasteiger partial charge in [0.25, 0.3) is 0 Å². The summed E-state index contributed by atoms with van der Waals surface area (Å²) >= 11 is 0. The zero-order valence-electron chi connectivity index (χ0n) is 14.1. The Morgan fingerprint density at radius 2 is 1.75 bits per heavy atom. The van der Waals surface area contributed by atoms with E-state index >= 15 is 0 Å². The number of allylic oxidation sites excluding steroid dienone is 3. The number of nitrogens with zero attached hydrogens (tertiary/aromatic N) is 1. The van der Waals surface area contributed by atoms with E-state index in [1.165, 1.54) is 31.7 Å². The van der Waals surface area contributed by atoms with Gasteiger partial charge in [0.1, 0.15) is 5.69 Å². The zero-order chi connectivity index (χ0) is 17.1. The molecule has 24 heavy (non-hydrogen) atoms. The van der Waals surface area contributed by atoms with E-state index in [9.17, 15) is 8.78 Å². The van der Waals surface area contributed by atoms with E-state index in [-0.39, 0.29) is 5.69 Å². The molecule has 1 fully saturated rings. The van der Waals surface area contributed by atoms with Crippen LogP contribution in [-0.4, -0.2) is 6.72 Å². The summed E-state index contributed by atoms with van der Waals surface area (Å²) in [5, 5.41) is 0. The fraction of sp³-hybridized carbons (Fsp3) is 0.476. The van der Waals surface area contributed by atoms with Crippen molar-refractivity contribution in [2.24, 2.45) is 22.7 Å². The van der Waals surface area contributed by atoms with Gasteiger partial charge in [0.05, 0.1) is 0 Å². The molecule has 0 radical (unpaired) electrons. The highest BCUT2D eigenvalue weighted by molar-refractivity contribution is 5.68. The normalized spacial score (nSPS) is 27.4. The number of hydrogen-bond donors (Lipinski definition) is 0. The maximum Gasteiger partial charge on any atom is 0.184 e. The minimum absolute atomic E-state index is 0.0236. The Kier molecular flexibility index (Phi) is 5.27. The maximum absolute atomic E-state index is 14.3. The minimum Gasteiger partial charge on any atom is -0.261 e. The molecule has 2 aliphatic carbocycles. The van der Waals surface area contributed by atoms with E-state index < -0.39 is 11.6 Å². The van der Waals surface area contributed by atoms with Crippen molar-refractivity contribution >= 4 is 18.0 Å². The molecule has 0 spiro atoms. The van der Waals surface area contributed by atoms with Crippen LogP contribution >= 0.6 is 0 Å². The molecule has 1 saturated carbocycles. The lowest BCUT2D eigenvalue weighted by Crippen LogP contribution is -2.22. The van der Waals surface area contributed by atoms with E-state index in [1.54, 1.807) is 6.07 Å². The third-order valence-corrected chi connectivity index (χ3v) is 5.85. The highest BCUT2D eigenvalue weighted by atomic mass is 19.2. The smallest absolute Gasteiger partial charge is 0.184 e. The van der Waals surface area contributed by atoms with Gasteiger partial charge in [-0.1, -0.05) is 12.2 Å². The van der Waals surface area contributed by atoms with E-state index in [4.69, 9.17) is 0 Å². The van der Waals surface area contributed by atoms with Crippen molar-refractivity contribution in [2.75, 3.05) is 0 Å². The van der Waals surface area contributed by atoms with Crippen molar-refractivity contribution in [3.8, 4) is 0 Å². The number of benzene rings is 1. The molecule has 1 aromatic rings. The van der Waals surface area contributed by atoms with Gasteiger partial charge in [-0.15, -0.1) is 6.58 Å². The summed E-state index contributed by atoms with van der Waals surface area (Å²) < 4.78 is 28.2. The lowest BCUT2D eigenvalue weighted by Gasteiger charge is -2.34. The van der Waals surface area contributed by atoms with Crippen LogP contribution in [-0.2, 0) is 0 Å². The first-order chi connectivity index (χ1) is 11.6. The molecular formula is C21H25F2N. The quantitative estimate of drug-likeness (QED) is 0.443. The van der Waals surface area contributed by atoms with Crippen LogP contribution in [0.1, 0.15) is 50.5 Å². The maximum atomic E-state index is 14.3. The van der Waals surface area contributed by atoms with Crippen LogP contribution in [0.25, 0.3) is 5.57 Å². The van der Waals surface area contributed by atoms with Crippen molar-refractivity contribution in [1.82, 2.24) is 0 Å². The Bertz CT molecular complexity index is 654.